The average Bonchev–Trinajstić information content (AvgIpc) is 3.22. The molecule has 0 unspecified atom stereocenters. The van der Waals surface area contributed by atoms with Crippen LogP contribution >= 0.6 is 0 Å². The summed E-state index contributed by atoms with van der Waals surface area (Å²) < 4.78 is 28.7. The lowest BCUT2D eigenvalue weighted by atomic mass is 10.1. The van der Waals surface area contributed by atoms with Crippen LogP contribution in [0.25, 0.3) is 0 Å². The molecule has 7 nitrogen and oxygen atoms in total. The molecule has 1 aliphatic heterocycles. The fraction of sp³-hybridized carbons (Fsp3) is 0.200. The van der Waals surface area contributed by atoms with Gasteiger partial charge in [-0.2, -0.15) is 0 Å². The number of hydrogen-bond donors (Lipinski definition) is 2. The first-order valence-corrected chi connectivity index (χ1v) is 12.1. The van der Waals surface area contributed by atoms with Gasteiger partial charge in [0.15, 0.2) is 0 Å². The van der Waals surface area contributed by atoms with Gasteiger partial charge in [0.2, 0.25) is 5.91 Å². The van der Waals surface area contributed by atoms with Crippen molar-refractivity contribution < 1.29 is 18.0 Å². The Labute approximate surface area is 193 Å². The van der Waals surface area contributed by atoms with Gasteiger partial charge in [-0.3, -0.25) is 14.3 Å². The van der Waals surface area contributed by atoms with E-state index in [1.54, 1.807) is 41.3 Å². The SMILES string of the molecule is CC(=O)N1CCc2cc(S(=O)(=O)Nc3ccccc3C(=O)NCc3ccc(C)cc3)ccc21. The van der Waals surface area contributed by atoms with E-state index in [0.29, 0.717) is 19.5 Å². The molecule has 0 atom stereocenters. The molecule has 8 heteroatoms. The highest BCUT2D eigenvalue weighted by Crippen LogP contribution is 2.31. The Morgan fingerprint density at radius 2 is 1.73 bits per heavy atom. The van der Waals surface area contributed by atoms with Crippen molar-refractivity contribution in [2.24, 2.45) is 0 Å². The number of nitrogens with one attached hydrogen (secondary N) is 2. The maximum Gasteiger partial charge on any atom is 0.261 e. The molecule has 170 valence electrons. The minimum atomic E-state index is -3.93. The van der Waals surface area contributed by atoms with Crippen molar-refractivity contribution in [1.29, 1.82) is 0 Å². The van der Waals surface area contributed by atoms with Gasteiger partial charge < -0.3 is 10.2 Å². The molecule has 0 saturated carbocycles. The van der Waals surface area contributed by atoms with E-state index in [1.165, 1.54) is 13.0 Å². The summed E-state index contributed by atoms with van der Waals surface area (Å²) in [4.78, 5) is 26.3. The van der Waals surface area contributed by atoms with Crippen molar-refractivity contribution in [3.63, 3.8) is 0 Å². The first kappa shape index (κ1) is 22.5. The number of fused-ring (bicyclic) bond motifs is 1. The number of para-hydroxylation sites is 1. The van der Waals surface area contributed by atoms with Crippen LogP contribution in [0.4, 0.5) is 11.4 Å². The standard InChI is InChI=1S/C25H25N3O4S/c1-17-7-9-19(10-8-17)16-26-25(30)22-5-3-4-6-23(22)27-33(31,32)21-11-12-24-20(15-21)13-14-28(24)18(2)29/h3-12,15,27H,13-14,16H2,1-2H3,(H,26,30). The number of rotatable bonds is 6. The molecule has 3 aromatic rings. The van der Waals surface area contributed by atoms with Crippen LogP contribution in [0.2, 0.25) is 0 Å². The summed E-state index contributed by atoms with van der Waals surface area (Å²) in [6, 6.07) is 19.0. The monoisotopic (exact) mass is 463 g/mol. The molecule has 4 rings (SSSR count). The van der Waals surface area contributed by atoms with Gasteiger partial charge >= 0.3 is 0 Å². The zero-order chi connectivity index (χ0) is 23.6. The molecule has 2 N–H and O–H groups in total. The second-order valence-electron chi connectivity index (χ2n) is 8.03. The molecule has 1 heterocycles. The van der Waals surface area contributed by atoms with Crippen LogP contribution in [0.1, 0.15) is 34.0 Å². The van der Waals surface area contributed by atoms with E-state index in [-0.39, 0.29) is 28.0 Å². The van der Waals surface area contributed by atoms with Gasteiger partial charge in [0.1, 0.15) is 0 Å². The zero-order valence-corrected chi connectivity index (χ0v) is 19.3. The first-order chi connectivity index (χ1) is 15.7. The summed E-state index contributed by atoms with van der Waals surface area (Å²) in [5.74, 6) is -0.451. The molecule has 0 fully saturated rings. The Kier molecular flexibility index (Phi) is 6.20. The van der Waals surface area contributed by atoms with Gasteiger partial charge in [-0.15, -0.1) is 0 Å². The minimum absolute atomic E-state index is 0.0759. The third-order valence-electron chi connectivity index (χ3n) is 5.63. The van der Waals surface area contributed by atoms with E-state index in [9.17, 15) is 18.0 Å². The summed E-state index contributed by atoms with van der Waals surface area (Å²) in [5, 5.41) is 2.84. The average molecular weight is 464 g/mol. The number of sulfonamides is 1. The van der Waals surface area contributed by atoms with Gasteiger partial charge in [-0.25, -0.2) is 8.42 Å². The van der Waals surface area contributed by atoms with Crippen LogP contribution in [-0.2, 0) is 27.8 Å². The van der Waals surface area contributed by atoms with Crippen molar-refractivity contribution in [1.82, 2.24) is 5.32 Å². The Morgan fingerprint density at radius 3 is 2.45 bits per heavy atom. The van der Waals surface area contributed by atoms with Crippen LogP contribution < -0.4 is 14.9 Å². The topological polar surface area (TPSA) is 95.6 Å². The van der Waals surface area contributed by atoms with E-state index in [2.05, 4.69) is 10.0 Å². The Balaban J connectivity index is 1.53. The van der Waals surface area contributed by atoms with E-state index >= 15 is 0 Å². The molecular weight excluding hydrogens is 438 g/mol. The van der Waals surface area contributed by atoms with E-state index < -0.39 is 10.0 Å². The molecule has 0 saturated heterocycles. The molecule has 1 aliphatic rings. The predicted molar refractivity (Wildman–Crippen MR) is 128 cm³/mol. The molecule has 0 aromatic heterocycles. The largest absolute Gasteiger partial charge is 0.348 e. The van der Waals surface area contributed by atoms with E-state index in [4.69, 9.17) is 0 Å². The summed E-state index contributed by atoms with van der Waals surface area (Å²) in [7, 11) is -3.93. The first-order valence-electron chi connectivity index (χ1n) is 10.6. The molecular formula is C25H25N3O4S. The molecule has 2 amide bonds. The quantitative estimate of drug-likeness (QED) is 0.584. The molecule has 3 aromatic carbocycles. The van der Waals surface area contributed by atoms with E-state index in [0.717, 1.165) is 22.4 Å². The normalized spacial score (nSPS) is 12.8. The number of carbonyl (C=O) groups excluding carboxylic acids is 2. The predicted octanol–water partition coefficient (Wildman–Crippen LogP) is 3.63. The molecule has 0 bridgehead atoms. The second-order valence-corrected chi connectivity index (χ2v) is 9.71. The smallest absolute Gasteiger partial charge is 0.261 e. The van der Waals surface area contributed by atoms with Crippen molar-refractivity contribution in [2.75, 3.05) is 16.2 Å². The molecule has 0 aliphatic carbocycles. The number of amides is 2. The van der Waals surface area contributed by atoms with Crippen LogP contribution in [0, 0.1) is 6.92 Å². The summed E-state index contributed by atoms with van der Waals surface area (Å²) in [6.07, 6.45) is 0.594. The lowest BCUT2D eigenvalue weighted by Gasteiger charge is -2.16. The van der Waals surface area contributed by atoms with Crippen LogP contribution in [0.5, 0.6) is 0 Å². The van der Waals surface area contributed by atoms with Crippen LogP contribution in [0.15, 0.2) is 71.6 Å². The third kappa shape index (κ3) is 4.90. The number of hydrogen-bond acceptors (Lipinski definition) is 4. The maximum absolute atomic E-state index is 13.1. The van der Waals surface area contributed by atoms with Crippen LogP contribution in [-0.4, -0.2) is 26.8 Å². The number of nitrogens with zero attached hydrogens (tertiary/aromatic N) is 1. The lowest BCUT2D eigenvalue weighted by molar-refractivity contribution is -0.116. The Hall–Kier alpha value is -3.65. The summed E-state index contributed by atoms with van der Waals surface area (Å²) in [6.45, 7) is 4.34. The lowest BCUT2D eigenvalue weighted by Crippen LogP contribution is -2.25. The fourth-order valence-electron chi connectivity index (χ4n) is 3.83. The number of anilines is 2. The van der Waals surface area contributed by atoms with E-state index in [1.807, 2.05) is 31.2 Å². The highest BCUT2D eigenvalue weighted by molar-refractivity contribution is 7.92. The van der Waals surface area contributed by atoms with Gasteiger partial charge in [-0.05, 0) is 54.8 Å². The number of aryl methyl sites for hydroxylation is 1. The minimum Gasteiger partial charge on any atom is -0.348 e. The van der Waals surface area contributed by atoms with Gasteiger partial charge in [0.05, 0.1) is 16.1 Å². The highest BCUT2D eigenvalue weighted by atomic mass is 32.2. The molecule has 0 spiro atoms. The van der Waals surface area contributed by atoms with Crippen molar-refractivity contribution >= 4 is 33.2 Å². The zero-order valence-electron chi connectivity index (χ0n) is 18.5. The summed E-state index contributed by atoms with van der Waals surface area (Å²) in [5.41, 5.74) is 4.05. The van der Waals surface area contributed by atoms with Crippen molar-refractivity contribution in [2.45, 2.75) is 31.7 Å². The van der Waals surface area contributed by atoms with Gasteiger partial charge in [0, 0.05) is 25.7 Å². The van der Waals surface area contributed by atoms with Crippen LogP contribution in [0.3, 0.4) is 0 Å². The Morgan fingerprint density at radius 1 is 1.00 bits per heavy atom. The second kappa shape index (κ2) is 9.07. The van der Waals surface area contributed by atoms with Gasteiger partial charge in [0.25, 0.3) is 15.9 Å². The number of benzene rings is 3. The van der Waals surface area contributed by atoms with Gasteiger partial charge in [-0.1, -0.05) is 42.0 Å². The Bertz CT molecular complexity index is 1320. The maximum atomic E-state index is 13.1. The summed E-state index contributed by atoms with van der Waals surface area (Å²) >= 11 is 0. The van der Waals surface area contributed by atoms with Crippen molar-refractivity contribution in [3.8, 4) is 0 Å². The third-order valence-corrected chi connectivity index (χ3v) is 6.99. The molecule has 33 heavy (non-hydrogen) atoms. The van der Waals surface area contributed by atoms with Crippen molar-refractivity contribution in [3.05, 3.63) is 89.0 Å². The fourth-order valence-corrected chi connectivity index (χ4v) is 4.96. The number of carbonyl (C=O) groups is 2. The highest BCUT2D eigenvalue weighted by Gasteiger charge is 2.25. The molecule has 0 radical (unpaired) electrons.